The van der Waals surface area contributed by atoms with Crippen LogP contribution >= 0.6 is 11.3 Å². The molecule has 0 radical (unpaired) electrons. The van der Waals surface area contributed by atoms with Gasteiger partial charge in [0.05, 0.1) is 16.0 Å². The van der Waals surface area contributed by atoms with Gasteiger partial charge in [-0.15, -0.1) is 21.2 Å². The Labute approximate surface area is 146 Å². The Morgan fingerprint density at radius 1 is 1.00 bits per heavy atom. The number of nitrogens with zero attached hydrogens (tertiary/aromatic N) is 3. The van der Waals surface area contributed by atoms with Crippen LogP contribution in [0.2, 0.25) is 0 Å². The van der Waals surface area contributed by atoms with Gasteiger partial charge in [-0.05, 0) is 29.6 Å². The summed E-state index contributed by atoms with van der Waals surface area (Å²) in [6, 6.07) is 16.1. The van der Waals surface area contributed by atoms with Crippen molar-refractivity contribution < 1.29 is 4.79 Å². The van der Waals surface area contributed by atoms with Crippen LogP contribution in [0, 0.1) is 0 Å². The Balaban J connectivity index is 1.89. The number of pyridine rings is 1. The lowest BCUT2D eigenvalue weighted by Crippen LogP contribution is -2.35. The molecule has 0 spiro atoms. The van der Waals surface area contributed by atoms with E-state index in [2.05, 4.69) is 15.5 Å². The van der Waals surface area contributed by atoms with Gasteiger partial charge in [0.1, 0.15) is 5.69 Å². The van der Waals surface area contributed by atoms with Crippen LogP contribution in [-0.2, 0) is 0 Å². The van der Waals surface area contributed by atoms with Crippen molar-refractivity contribution in [3.8, 4) is 11.4 Å². The largest absolute Gasteiger partial charge is 0.294 e. The SMILES string of the molecule is O=C(Nn1nc(-c2ccccn2)c2ccccc2c1=O)c1cccs1. The van der Waals surface area contributed by atoms with Crippen LogP contribution < -0.4 is 11.0 Å². The van der Waals surface area contributed by atoms with Gasteiger partial charge in [-0.2, -0.15) is 0 Å². The molecule has 7 heteroatoms. The number of aromatic nitrogens is 3. The van der Waals surface area contributed by atoms with Gasteiger partial charge < -0.3 is 0 Å². The summed E-state index contributed by atoms with van der Waals surface area (Å²) in [5.41, 5.74) is 3.32. The Kier molecular flexibility index (Phi) is 3.83. The fourth-order valence-corrected chi connectivity index (χ4v) is 3.13. The number of hydrogen-bond donors (Lipinski definition) is 1. The van der Waals surface area contributed by atoms with Gasteiger partial charge in [0.25, 0.3) is 11.5 Å². The van der Waals surface area contributed by atoms with Crippen LogP contribution in [0.25, 0.3) is 22.2 Å². The van der Waals surface area contributed by atoms with E-state index in [1.807, 2.05) is 24.3 Å². The van der Waals surface area contributed by atoms with E-state index in [-0.39, 0.29) is 11.5 Å². The average molecular weight is 348 g/mol. The highest BCUT2D eigenvalue weighted by Gasteiger charge is 2.15. The fraction of sp³-hybridized carbons (Fsp3) is 0. The first-order chi connectivity index (χ1) is 12.2. The van der Waals surface area contributed by atoms with E-state index in [4.69, 9.17) is 0 Å². The molecule has 4 rings (SSSR count). The highest BCUT2D eigenvalue weighted by Crippen LogP contribution is 2.22. The molecule has 0 saturated carbocycles. The molecule has 0 atom stereocenters. The van der Waals surface area contributed by atoms with Gasteiger partial charge in [0, 0.05) is 11.6 Å². The van der Waals surface area contributed by atoms with Crippen molar-refractivity contribution in [1.29, 1.82) is 0 Å². The van der Waals surface area contributed by atoms with Crippen molar-refractivity contribution in [3.63, 3.8) is 0 Å². The minimum atomic E-state index is -0.389. The van der Waals surface area contributed by atoms with Crippen LogP contribution in [0.5, 0.6) is 0 Å². The standard InChI is InChI=1S/C18H12N4O2S/c23-17(15-9-5-11-25-15)21-22-18(24)13-7-2-1-6-12(13)16(20-22)14-8-3-4-10-19-14/h1-11H,(H,21,23). The van der Waals surface area contributed by atoms with E-state index in [1.165, 1.54) is 11.3 Å². The van der Waals surface area contributed by atoms with E-state index in [0.717, 1.165) is 4.79 Å². The van der Waals surface area contributed by atoms with E-state index in [1.54, 1.807) is 41.9 Å². The lowest BCUT2D eigenvalue weighted by Gasteiger charge is -2.11. The minimum Gasteiger partial charge on any atom is -0.266 e. The second-order valence-corrected chi connectivity index (χ2v) is 6.19. The van der Waals surface area contributed by atoms with Gasteiger partial charge in [0.2, 0.25) is 0 Å². The molecule has 25 heavy (non-hydrogen) atoms. The number of rotatable bonds is 3. The van der Waals surface area contributed by atoms with E-state index in [0.29, 0.717) is 27.0 Å². The molecule has 0 fully saturated rings. The number of amides is 1. The molecule has 0 bridgehead atoms. The van der Waals surface area contributed by atoms with E-state index < -0.39 is 0 Å². The number of carbonyl (C=O) groups is 1. The molecular weight excluding hydrogens is 336 g/mol. The third-order valence-electron chi connectivity index (χ3n) is 3.66. The zero-order valence-corrected chi connectivity index (χ0v) is 13.7. The molecular formula is C18H12N4O2S. The molecule has 122 valence electrons. The predicted molar refractivity (Wildman–Crippen MR) is 97.2 cm³/mol. The molecule has 6 nitrogen and oxygen atoms in total. The molecule has 0 unspecified atom stereocenters. The van der Waals surface area contributed by atoms with Crippen molar-refractivity contribution in [2.45, 2.75) is 0 Å². The van der Waals surface area contributed by atoms with E-state index >= 15 is 0 Å². The topological polar surface area (TPSA) is 76.9 Å². The van der Waals surface area contributed by atoms with Gasteiger partial charge in [0.15, 0.2) is 0 Å². The Morgan fingerprint density at radius 2 is 1.80 bits per heavy atom. The van der Waals surface area contributed by atoms with Crippen molar-refractivity contribution in [2.24, 2.45) is 0 Å². The smallest absolute Gasteiger partial charge is 0.266 e. The number of fused-ring (bicyclic) bond motifs is 1. The monoisotopic (exact) mass is 348 g/mol. The summed E-state index contributed by atoms with van der Waals surface area (Å²) in [6.45, 7) is 0. The maximum Gasteiger partial charge on any atom is 0.294 e. The number of hydrogen-bond acceptors (Lipinski definition) is 5. The highest BCUT2D eigenvalue weighted by molar-refractivity contribution is 7.12. The normalized spacial score (nSPS) is 10.7. The Bertz CT molecular complexity index is 1110. The van der Waals surface area contributed by atoms with Crippen molar-refractivity contribution >= 4 is 28.0 Å². The van der Waals surface area contributed by atoms with Crippen molar-refractivity contribution in [2.75, 3.05) is 5.43 Å². The van der Waals surface area contributed by atoms with Crippen LogP contribution in [0.4, 0.5) is 0 Å². The Hall–Kier alpha value is -3.32. The van der Waals surface area contributed by atoms with Gasteiger partial charge >= 0.3 is 0 Å². The summed E-state index contributed by atoms with van der Waals surface area (Å²) in [6.07, 6.45) is 1.66. The lowest BCUT2D eigenvalue weighted by atomic mass is 10.1. The molecule has 1 N–H and O–H groups in total. The van der Waals surface area contributed by atoms with Crippen molar-refractivity contribution in [3.05, 3.63) is 81.4 Å². The summed E-state index contributed by atoms with van der Waals surface area (Å²) >= 11 is 1.29. The molecule has 3 heterocycles. The molecule has 0 aliphatic rings. The summed E-state index contributed by atoms with van der Waals surface area (Å²) in [4.78, 5) is 30.8. The van der Waals surface area contributed by atoms with Gasteiger partial charge in [-0.3, -0.25) is 14.6 Å². The summed E-state index contributed by atoms with van der Waals surface area (Å²) in [7, 11) is 0. The molecule has 0 aliphatic carbocycles. The minimum absolute atomic E-state index is 0.383. The molecule has 0 saturated heterocycles. The first kappa shape index (κ1) is 15.2. The second kappa shape index (κ2) is 6.29. The van der Waals surface area contributed by atoms with Crippen molar-refractivity contribution in [1.82, 2.24) is 14.9 Å². The van der Waals surface area contributed by atoms with Crippen LogP contribution in [0.15, 0.2) is 71.0 Å². The third kappa shape index (κ3) is 2.81. The zero-order chi connectivity index (χ0) is 17.2. The molecule has 3 aromatic heterocycles. The third-order valence-corrected chi connectivity index (χ3v) is 4.53. The average Bonchev–Trinajstić information content (AvgIpc) is 3.20. The number of carbonyl (C=O) groups excluding carboxylic acids is 1. The van der Waals surface area contributed by atoms with E-state index in [9.17, 15) is 9.59 Å². The van der Waals surface area contributed by atoms with Gasteiger partial charge in [-0.1, -0.05) is 30.3 Å². The zero-order valence-electron chi connectivity index (χ0n) is 12.9. The van der Waals surface area contributed by atoms with Crippen LogP contribution in [0.3, 0.4) is 0 Å². The Morgan fingerprint density at radius 3 is 2.52 bits per heavy atom. The van der Waals surface area contributed by atoms with Crippen LogP contribution in [0.1, 0.15) is 9.67 Å². The highest BCUT2D eigenvalue weighted by atomic mass is 32.1. The number of benzene rings is 1. The second-order valence-electron chi connectivity index (χ2n) is 5.24. The van der Waals surface area contributed by atoms with Crippen LogP contribution in [-0.4, -0.2) is 20.8 Å². The lowest BCUT2D eigenvalue weighted by molar-refractivity contribution is 0.101. The first-order valence-electron chi connectivity index (χ1n) is 7.52. The molecule has 4 aromatic rings. The maximum atomic E-state index is 12.7. The quantitative estimate of drug-likeness (QED) is 0.618. The molecule has 0 aliphatic heterocycles. The first-order valence-corrected chi connectivity index (χ1v) is 8.40. The maximum absolute atomic E-state index is 12.7. The summed E-state index contributed by atoms with van der Waals surface area (Å²) in [5, 5.41) is 7.28. The van der Waals surface area contributed by atoms with Gasteiger partial charge in [-0.25, -0.2) is 5.43 Å². The number of nitrogens with one attached hydrogen (secondary N) is 1. The predicted octanol–water partition coefficient (Wildman–Crippen LogP) is 2.90. The molecule has 1 aromatic carbocycles. The summed E-state index contributed by atoms with van der Waals surface area (Å²) < 4.78 is 0. The number of thiophene rings is 1. The summed E-state index contributed by atoms with van der Waals surface area (Å²) in [5.74, 6) is -0.383. The fourth-order valence-electron chi connectivity index (χ4n) is 2.52. The molecule has 1 amide bonds.